The van der Waals surface area contributed by atoms with Gasteiger partial charge in [0.15, 0.2) is 0 Å². The summed E-state index contributed by atoms with van der Waals surface area (Å²) in [6, 6.07) is 5.95. The predicted molar refractivity (Wildman–Crippen MR) is 96.5 cm³/mol. The van der Waals surface area contributed by atoms with E-state index in [0.717, 1.165) is 36.8 Å². The zero-order valence-corrected chi connectivity index (χ0v) is 14.2. The summed E-state index contributed by atoms with van der Waals surface area (Å²) in [7, 11) is 0. The van der Waals surface area contributed by atoms with Crippen molar-refractivity contribution >= 4 is 17.3 Å². The molecular weight excluding hydrogens is 302 g/mol. The molecule has 6 nitrogen and oxygen atoms in total. The van der Waals surface area contributed by atoms with Gasteiger partial charge in [-0.05, 0) is 44.4 Å². The molecule has 1 amide bonds. The summed E-state index contributed by atoms with van der Waals surface area (Å²) in [4.78, 5) is 18.4. The van der Waals surface area contributed by atoms with Crippen LogP contribution in [0.25, 0.3) is 0 Å². The Balaban J connectivity index is 1.70. The normalized spacial score (nSPS) is 14.6. The van der Waals surface area contributed by atoms with E-state index in [4.69, 9.17) is 5.73 Å². The van der Waals surface area contributed by atoms with Crippen LogP contribution in [0.5, 0.6) is 0 Å². The monoisotopic (exact) mass is 327 g/mol. The molecule has 6 heteroatoms. The number of hydrogen-bond donors (Lipinski definition) is 2. The number of nitrogens with one attached hydrogen (secondary N) is 1. The highest BCUT2D eigenvalue weighted by Gasteiger charge is 2.15. The van der Waals surface area contributed by atoms with E-state index in [9.17, 15) is 4.79 Å². The zero-order chi connectivity index (χ0) is 16.9. The molecule has 2 heterocycles. The maximum absolute atomic E-state index is 11.9. The van der Waals surface area contributed by atoms with Gasteiger partial charge < -0.3 is 20.5 Å². The quantitative estimate of drug-likeness (QED) is 0.854. The standard InChI is InChI=1S/C18H25N5O/c1-14-20-7-11-22(14)12-8-21-17-6-5-15(13-16(17)18(19)24)23-9-3-2-4-10-23/h5-7,11,13,21H,2-4,8-10,12H2,1H3,(H2,19,24). The highest BCUT2D eigenvalue weighted by Crippen LogP contribution is 2.25. The zero-order valence-electron chi connectivity index (χ0n) is 14.2. The summed E-state index contributed by atoms with van der Waals surface area (Å²) in [6.07, 6.45) is 7.43. The molecule has 0 radical (unpaired) electrons. The van der Waals surface area contributed by atoms with Crippen LogP contribution in [-0.4, -0.2) is 35.1 Å². The molecule has 0 unspecified atom stereocenters. The van der Waals surface area contributed by atoms with E-state index in [1.54, 1.807) is 6.20 Å². The van der Waals surface area contributed by atoms with Crippen molar-refractivity contribution in [2.45, 2.75) is 32.7 Å². The van der Waals surface area contributed by atoms with Crippen molar-refractivity contribution in [1.82, 2.24) is 9.55 Å². The van der Waals surface area contributed by atoms with Gasteiger partial charge in [0.1, 0.15) is 5.82 Å². The molecule has 1 aliphatic heterocycles. The lowest BCUT2D eigenvalue weighted by molar-refractivity contribution is 0.100. The van der Waals surface area contributed by atoms with E-state index in [1.165, 1.54) is 19.3 Å². The number of imidazole rings is 1. The minimum atomic E-state index is -0.393. The molecule has 0 saturated carbocycles. The van der Waals surface area contributed by atoms with Crippen molar-refractivity contribution in [2.24, 2.45) is 5.73 Å². The van der Waals surface area contributed by atoms with E-state index in [2.05, 4.69) is 25.8 Å². The molecule has 1 aromatic heterocycles. The Morgan fingerprint density at radius 1 is 1.29 bits per heavy atom. The van der Waals surface area contributed by atoms with Gasteiger partial charge in [0.2, 0.25) is 0 Å². The second-order valence-corrected chi connectivity index (χ2v) is 6.24. The summed E-state index contributed by atoms with van der Waals surface area (Å²) < 4.78 is 2.07. The van der Waals surface area contributed by atoms with Gasteiger partial charge in [-0.15, -0.1) is 0 Å². The maximum atomic E-state index is 11.9. The summed E-state index contributed by atoms with van der Waals surface area (Å²) in [5.41, 5.74) is 8.02. The number of piperidine rings is 1. The molecule has 3 N–H and O–H groups in total. The first-order chi connectivity index (χ1) is 11.6. The number of aromatic nitrogens is 2. The van der Waals surface area contributed by atoms with E-state index in [0.29, 0.717) is 12.1 Å². The fourth-order valence-electron chi connectivity index (χ4n) is 3.19. The largest absolute Gasteiger partial charge is 0.383 e. The third-order valence-electron chi connectivity index (χ3n) is 4.58. The molecular formula is C18H25N5O. The molecule has 0 spiro atoms. The molecule has 1 aliphatic rings. The third-order valence-corrected chi connectivity index (χ3v) is 4.58. The summed E-state index contributed by atoms with van der Waals surface area (Å²) in [5.74, 6) is 0.586. The molecule has 0 atom stereocenters. The molecule has 1 fully saturated rings. The molecule has 24 heavy (non-hydrogen) atoms. The smallest absolute Gasteiger partial charge is 0.250 e. The van der Waals surface area contributed by atoms with Crippen LogP contribution in [0.3, 0.4) is 0 Å². The number of hydrogen-bond acceptors (Lipinski definition) is 4. The van der Waals surface area contributed by atoms with E-state index in [-0.39, 0.29) is 0 Å². The van der Waals surface area contributed by atoms with Crippen LogP contribution in [0.2, 0.25) is 0 Å². The molecule has 2 aromatic rings. The number of anilines is 2. The first-order valence-corrected chi connectivity index (χ1v) is 8.55. The maximum Gasteiger partial charge on any atom is 0.250 e. The van der Waals surface area contributed by atoms with Crippen LogP contribution < -0.4 is 16.0 Å². The lowest BCUT2D eigenvalue weighted by Gasteiger charge is -2.29. The number of aryl methyl sites for hydroxylation is 1. The number of primary amides is 1. The van der Waals surface area contributed by atoms with Crippen LogP contribution in [-0.2, 0) is 6.54 Å². The summed E-state index contributed by atoms with van der Waals surface area (Å²) >= 11 is 0. The molecule has 3 rings (SSSR count). The summed E-state index contributed by atoms with van der Waals surface area (Å²) in [5, 5.41) is 3.32. The van der Waals surface area contributed by atoms with Crippen LogP contribution in [0.4, 0.5) is 11.4 Å². The van der Waals surface area contributed by atoms with Gasteiger partial charge in [-0.2, -0.15) is 0 Å². The van der Waals surface area contributed by atoms with Crippen LogP contribution in [0.1, 0.15) is 35.4 Å². The number of benzene rings is 1. The van der Waals surface area contributed by atoms with Gasteiger partial charge in [0.25, 0.3) is 5.91 Å². The molecule has 128 valence electrons. The Labute approximate surface area is 142 Å². The minimum absolute atomic E-state index is 0.393. The molecule has 1 saturated heterocycles. The molecule has 0 bridgehead atoms. The second kappa shape index (κ2) is 7.38. The Morgan fingerprint density at radius 2 is 2.08 bits per heavy atom. The lowest BCUT2D eigenvalue weighted by Crippen LogP contribution is -2.29. The van der Waals surface area contributed by atoms with Crippen LogP contribution >= 0.6 is 0 Å². The van der Waals surface area contributed by atoms with Crippen molar-refractivity contribution in [2.75, 3.05) is 29.9 Å². The Morgan fingerprint density at radius 3 is 2.75 bits per heavy atom. The van der Waals surface area contributed by atoms with E-state index in [1.807, 2.05) is 25.3 Å². The average molecular weight is 327 g/mol. The second-order valence-electron chi connectivity index (χ2n) is 6.24. The van der Waals surface area contributed by atoms with Crippen molar-refractivity contribution in [1.29, 1.82) is 0 Å². The van der Waals surface area contributed by atoms with Gasteiger partial charge in [0.05, 0.1) is 5.56 Å². The van der Waals surface area contributed by atoms with Crippen molar-refractivity contribution in [3.63, 3.8) is 0 Å². The van der Waals surface area contributed by atoms with Gasteiger partial charge >= 0.3 is 0 Å². The number of nitrogens with two attached hydrogens (primary N) is 1. The van der Waals surface area contributed by atoms with E-state index < -0.39 is 5.91 Å². The van der Waals surface area contributed by atoms with Gasteiger partial charge in [0, 0.05) is 49.9 Å². The van der Waals surface area contributed by atoms with Gasteiger partial charge in [-0.25, -0.2) is 4.98 Å². The van der Waals surface area contributed by atoms with Crippen molar-refractivity contribution in [3.05, 3.63) is 42.0 Å². The fraction of sp³-hybridized carbons (Fsp3) is 0.444. The molecule has 1 aromatic carbocycles. The number of carbonyl (C=O) groups excluding carboxylic acids is 1. The SMILES string of the molecule is Cc1nccn1CCNc1ccc(N2CCCCC2)cc1C(N)=O. The first-order valence-electron chi connectivity index (χ1n) is 8.55. The number of carbonyl (C=O) groups is 1. The Bertz CT molecular complexity index is 703. The topological polar surface area (TPSA) is 76.2 Å². The Kier molecular flexibility index (Phi) is 5.03. The Hall–Kier alpha value is -2.50. The lowest BCUT2D eigenvalue weighted by atomic mass is 10.1. The highest BCUT2D eigenvalue weighted by molar-refractivity contribution is 5.99. The van der Waals surface area contributed by atoms with Crippen LogP contribution in [0.15, 0.2) is 30.6 Å². The molecule has 0 aliphatic carbocycles. The predicted octanol–water partition coefficient (Wildman–Crippen LogP) is 2.39. The number of rotatable bonds is 6. The average Bonchev–Trinajstić information content (AvgIpc) is 3.01. The van der Waals surface area contributed by atoms with Gasteiger partial charge in [-0.3, -0.25) is 4.79 Å². The van der Waals surface area contributed by atoms with Crippen LogP contribution in [0, 0.1) is 6.92 Å². The number of nitrogens with zero attached hydrogens (tertiary/aromatic N) is 3. The highest BCUT2D eigenvalue weighted by atomic mass is 16.1. The van der Waals surface area contributed by atoms with E-state index >= 15 is 0 Å². The van der Waals surface area contributed by atoms with Crippen molar-refractivity contribution in [3.8, 4) is 0 Å². The summed E-state index contributed by atoms with van der Waals surface area (Å²) in [6.45, 7) is 5.57. The number of amides is 1. The minimum Gasteiger partial charge on any atom is -0.383 e. The third kappa shape index (κ3) is 3.69. The fourth-order valence-corrected chi connectivity index (χ4v) is 3.19. The first kappa shape index (κ1) is 16.4. The van der Waals surface area contributed by atoms with Crippen molar-refractivity contribution < 1.29 is 4.79 Å². The van der Waals surface area contributed by atoms with Gasteiger partial charge in [-0.1, -0.05) is 0 Å².